The largest absolute Gasteiger partial charge is 0.150 e. The molecule has 0 aliphatic rings. The lowest BCUT2D eigenvalue weighted by molar-refractivity contribution is 0.764. The number of fused-ring (bicyclic) bond motifs is 1. The number of para-hydroxylation sites is 1. The van der Waals surface area contributed by atoms with Crippen LogP contribution in [0.2, 0.25) is 0 Å². The van der Waals surface area contributed by atoms with Crippen molar-refractivity contribution in [3.05, 3.63) is 54.6 Å². The first kappa shape index (κ1) is 8.17. The van der Waals surface area contributed by atoms with Crippen LogP contribution in [0.15, 0.2) is 48.5 Å². The molecule has 71 valence electrons. The van der Waals surface area contributed by atoms with E-state index in [-0.39, 0.29) is 0 Å². The Bertz CT molecular complexity index is 551. The molecule has 0 amide bonds. The van der Waals surface area contributed by atoms with Gasteiger partial charge in [-0.3, -0.25) is 0 Å². The minimum absolute atomic E-state index is 0.855. The summed E-state index contributed by atoms with van der Waals surface area (Å²) in [5.41, 5.74) is 2.65. The minimum atomic E-state index is 0.855. The molecule has 0 aliphatic heterocycles. The number of aromatic nitrogens is 3. The monoisotopic (exact) mass is 194 g/mol. The van der Waals surface area contributed by atoms with Crippen molar-refractivity contribution >= 4 is 11.0 Å². The first-order chi connectivity index (χ1) is 7.43. The van der Waals surface area contributed by atoms with E-state index in [9.17, 15) is 0 Å². The quantitative estimate of drug-likeness (QED) is 0.594. The Morgan fingerprint density at radius 1 is 0.867 bits per heavy atom. The van der Waals surface area contributed by atoms with Gasteiger partial charge < -0.3 is 0 Å². The zero-order valence-corrected chi connectivity index (χ0v) is 7.96. The summed E-state index contributed by atoms with van der Waals surface area (Å²) >= 11 is 0. The molecule has 0 N–H and O–H groups in total. The maximum atomic E-state index is 4.36. The predicted molar refractivity (Wildman–Crippen MR) is 57.7 cm³/mol. The Labute approximate surface area is 87.0 Å². The molecule has 3 heteroatoms. The molecule has 1 aromatic heterocycles. The lowest BCUT2D eigenvalue weighted by Crippen LogP contribution is -1.97. The van der Waals surface area contributed by atoms with Gasteiger partial charge in [-0.1, -0.05) is 30.3 Å². The van der Waals surface area contributed by atoms with Crippen molar-refractivity contribution in [2.24, 2.45) is 0 Å². The molecular weight excluding hydrogens is 186 g/mol. The molecule has 1 radical (unpaired) electrons. The van der Waals surface area contributed by atoms with Crippen LogP contribution >= 0.6 is 0 Å². The fourth-order valence-corrected chi connectivity index (χ4v) is 1.48. The van der Waals surface area contributed by atoms with Crippen LogP contribution in [0, 0.1) is 6.07 Å². The SMILES string of the molecule is [c]1ccccc1-n1nc2ccccc2n1. The molecule has 0 saturated carbocycles. The first-order valence-corrected chi connectivity index (χ1v) is 4.73. The number of benzene rings is 2. The number of nitrogens with zero attached hydrogens (tertiary/aromatic N) is 3. The maximum absolute atomic E-state index is 4.36. The number of hydrogen-bond acceptors (Lipinski definition) is 2. The molecule has 1 heterocycles. The molecule has 0 atom stereocenters. The molecule has 2 aromatic carbocycles. The fourth-order valence-electron chi connectivity index (χ4n) is 1.48. The van der Waals surface area contributed by atoms with Gasteiger partial charge in [-0.25, -0.2) is 0 Å². The van der Waals surface area contributed by atoms with Crippen LogP contribution in [0.1, 0.15) is 0 Å². The van der Waals surface area contributed by atoms with Gasteiger partial charge in [0.2, 0.25) is 0 Å². The standard InChI is InChI=1S/C12H8N3/c1-2-6-10(7-3-1)15-13-11-8-4-5-9-12(11)14-15/h1-6,8-9H. The summed E-state index contributed by atoms with van der Waals surface area (Å²) in [6.07, 6.45) is 0. The summed E-state index contributed by atoms with van der Waals surface area (Å²) in [7, 11) is 0. The van der Waals surface area contributed by atoms with Crippen LogP contribution < -0.4 is 0 Å². The van der Waals surface area contributed by atoms with Gasteiger partial charge in [0, 0.05) is 6.07 Å². The van der Waals surface area contributed by atoms with E-state index < -0.39 is 0 Å². The molecule has 0 spiro atoms. The topological polar surface area (TPSA) is 30.7 Å². The van der Waals surface area contributed by atoms with E-state index in [0.717, 1.165) is 16.7 Å². The molecule has 15 heavy (non-hydrogen) atoms. The van der Waals surface area contributed by atoms with Gasteiger partial charge in [-0.05, 0) is 18.2 Å². The Balaban J connectivity index is 2.21. The smallest absolute Gasteiger partial charge is 0.113 e. The Hall–Kier alpha value is -2.16. The second-order valence-electron chi connectivity index (χ2n) is 3.23. The summed E-state index contributed by atoms with van der Waals surface area (Å²) in [6.45, 7) is 0. The third kappa shape index (κ3) is 1.38. The average Bonchev–Trinajstić information content (AvgIpc) is 2.74. The lowest BCUT2D eigenvalue weighted by atomic mass is 10.3. The van der Waals surface area contributed by atoms with Crippen molar-refractivity contribution in [3.63, 3.8) is 0 Å². The highest BCUT2D eigenvalue weighted by molar-refractivity contribution is 5.73. The zero-order chi connectivity index (χ0) is 10.1. The molecule has 3 aromatic rings. The lowest BCUT2D eigenvalue weighted by Gasteiger charge is -1.95. The normalized spacial score (nSPS) is 10.7. The minimum Gasteiger partial charge on any atom is -0.150 e. The zero-order valence-electron chi connectivity index (χ0n) is 7.96. The molecule has 3 rings (SSSR count). The molecule has 0 aliphatic carbocycles. The maximum Gasteiger partial charge on any atom is 0.113 e. The summed E-state index contributed by atoms with van der Waals surface area (Å²) in [5.74, 6) is 0. The summed E-state index contributed by atoms with van der Waals surface area (Å²) < 4.78 is 0. The van der Waals surface area contributed by atoms with Gasteiger partial charge in [0.15, 0.2) is 0 Å². The van der Waals surface area contributed by atoms with E-state index >= 15 is 0 Å². The Kier molecular flexibility index (Phi) is 1.75. The highest BCUT2D eigenvalue weighted by atomic mass is 15.5. The Morgan fingerprint density at radius 3 is 2.13 bits per heavy atom. The van der Waals surface area contributed by atoms with Crippen LogP contribution in [0.4, 0.5) is 0 Å². The third-order valence-corrected chi connectivity index (χ3v) is 2.19. The van der Waals surface area contributed by atoms with Gasteiger partial charge >= 0.3 is 0 Å². The fraction of sp³-hybridized carbons (Fsp3) is 0. The van der Waals surface area contributed by atoms with Crippen molar-refractivity contribution in [3.8, 4) is 5.69 Å². The molecule has 0 saturated heterocycles. The van der Waals surface area contributed by atoms with Crippen LogP contribution in [0.25, 0.3) is 16.7 Å². The Morgan fingerprint density at radius 2 is 1.53 bits per heavy atom. The van der Waals surface area contributed by atoms with Crippen LogP contribution in [0.5, 0.6) is 0 Å². The summed E-state index contributed by atoms with van der Waals surface area (Å²) in [5, 5.41) is 8.71. The van der Waals surface area contributed by atoms with Crippen LogP contribution in [0.3, 0.4) is 0 Å². The van der Waals surface area contributed by atoms with Crippen molar-refractivity contribution in [2.75, 3.05) is 0 Å². The highest BCUT2D eigenvalue weighted by Gasteiger charge is 2.02. The molecule has 0 fully saturated rings. The predicted octanol–water partition coefficient (Wildman–Crippen LogP) is 2.22. The van der Waals surface area contributed by atoms with E-state index in [4.69, 9.17) is 0 Å². The number of hydrogen-bond donors (Lipinski definition) is 0. The van der Waals surface area contributed by atoms with Gasteiger partial charge in [-0.2, -0.15) is 0 Å². The van der Waals surface area contributed by atoms with Gasteiger partial charge in [0.1, 0.15) is 11.0 Å². The molecule has 0 unspecified atom stereocenters. The highest BCUT2D eigenvalue weighted by Crippen LogP contribution is 2.10. The van der Waals surface area contributed by atoms with E-state index in [0.29, 0.717) is 0 Å². The van der Waals surface area contributed by atoms with Crippen molar-refractivity contribution in [2.45, 2.75) is 0 Å². The molecule has 3 nitrogen and oxygen atoms in total. The van der Waals surface area contributed by atoms with Gasteiger partial charge in [-0.15, -0.1) is 15.0 Å². The van der Waals surface area contributed by atoms with Crippen LogP contribution in [-0.2, 0) is 0 Å². The third-order valence-electron chi connectivity index (χ3n) is 2.19. The van der Waals surface area contributed by atoms with Gasteiger partial charge in [0.05, 0.1) is 5.69 Å². The second-order valence-corrected chi connectivity index (χ2v) is 3.23. The first-order valence-electron chi connectivity index (χ1n) is 4.73. The van der Waals surface area contributed by atoms with E-state index in [1.165, 1.54) is 0 Å². The van der Waals surface area contributed by atoms with E-state index in [1.54, 1.807) is 4.80 Å². The second kappa shape index (κ2) is 3.20. The molecule has 0 bridgehead atoms. The summed E-state index contributed by atoms with van der Waals surface area (Å²) in [6, 6.07) is 18.5. The van der Waals surface area contributed by atoms with Crippen molar-refractivity contribution in [1.82, 2.24) is 15.0 Å². The van der Waals surface area contributed by atoms with E-state index in [1.807, 2.05) is 48.5 Å². The molecular formula is C12H8N3. The number of rotatable bonds is 1. The van der Waals surface area contributed by atoms with Gasteiger partial charge in [0.25, 0.3) is 0 Å². The van der Waals surface area contributed by atoms with E-state index in [2.05, 4.69) is 16.3 Å². The summed E-state index contributed by atoms with van der Waals surface area (Å²) in [4.78, 5) is 1.60. The van der Waals surface area contributed by atoms with Crippen molar-refractivity contribution < 1.29 is 0 Å². The average molecular weight is 194 g/mol. The van der Waals surface area contributed by atoms with Crippen LogP contribution in [-0.4, -0.2) is 15.0 Å². The van der Waals surface area contributed by atoms with Crippen molar-refractivity contribution in [1.29, 1.82) is 0 Å².